The van der Waals surface area contributed by atoms with Crippen molar-refractivity contribution in [3.8, 4) is 28.7 Å². The van der Waals surface area contributed by atoms with Gasteiger partial charge in [-0.25, -0.2) is 0 Å². The topological polar surface area (TPSA) is 78.7 Å². The SMILES string of the molecule is CCCCCCCCCCCCCCCCCCOc1cc(COc2cc(OC)ccc2C=NO)cc(OCCCCCCCCCCCCCCCCCC)c1OCCCCCCCCCCCCCCCCCC. The van der Waals surface area contributed by atoms with Crippen LogP contribution in [-0.4, -0.2) is 38.4 Å². The van der Waals surface area contributed by atoms with Crippen LogP contribution in [0, 0.1) is 0 Å². The van der Waals surface area contributed by atoms with Crippen LogP contribution in [0.5, 0.6) is 28.7 Å². The maximum Gasteiger partial charge on any atom is 0.203 e. The third-order valence-electron chi connectivity index (χ3n) is 15.6. The molecule has 0 heterocycles. The van der Waals surface area contributed by atoms with Crippen molar-refractivity contribution >= 4 is 6.21 Å². The Morgan fingerprint density at radius 2 is 0.632 bits per heavy atom. The normalized spacial score (nSPS) is 11.5. The Labute approximate surface area is 471 Å². The minimum atomic E-state index is 0.281. The molecular formula is C69H123NO6. The fourth-order valence-electron chi connectivity index (χ4n) is 10.7. The minimum Gasteiger partial charge on any atom is -0.497 e. The van der Waals surface area contributed by atoms with Gasteiger partial charge >= 0.3 is 0 Å². The van der Waals surface area contributed by atoms with Crippen LogP contribution in [0.25, 0.3) is 0 Å². The van der Waals surface area contributed by atoms with Crippen LogP contribution in [0.15, 0.2) is 35.5 Å². The van der Waals surface area contributed by atoms with Crippen molar-refractivity contribution in [2.24, 2.45) is 5.16 Å². The number of nitrogens with zero attached hydrogens (tertiary/aromatic N) is 1. The molecule has 0 unspecified atom stereocenters. The molecule has 0 amide bonds. The smallest absolute Gasteiger partial charge is 0.203 e. The summed E-state index contributed by atoms with van der Waals surface area (Å²) in [7, 11) is 1.64. The molecule has 7 nitrogen and oxygen atoms in total. The van der Waals surface area contributed by atoms with Gasteiger partial charge in [-0.1, -0.05) is 315 Å². The van der Waals surface area contributed by atoms with E-state index in [2.05, 4.69) is 38.1 Å². The van der Waals surface area contributed by atoms with E-state index in [1.165, 1.54) is 295 Å². The average molecular weight is 1060 g/mol. The fraction of sp³-hybridized carbons (Fsp3) is 0.812. The van der Waals surface area contributed by atoms with E-state index in [0.717, 1.165) is 42.1 Å². The third kappa shape index (κ3) is 40.1. The number of hydrogen-bond acceptors (Lipinski definition) is 7. The first kappa shape index (κ1) is 69.0. The first-order valence-corrected chi connectivity index (χ1v) is 33.2. The molecule has 440 valence electrons. The van der Waals surface area contributed by atoms with Crippen molar-refractivity contribution in [2.45, 2.75) is 336 Å². The van der Waals surface area contributed by atoms with Crippen molar-refractivity contribution in [2.75, 3.05) is 26.9 Å². The lowest BCUT2D eigenvalue weighted by molar-refractivity contribution is 0.232. The summed E-state index contributed by atoms with van der Waals surface area (Å²) in [6.07, 6.45) is 66.0. The molecule has 2 rings (SSSR count). The van der Waals surface area contributed by atoms with E-state index < -0.39 is 0 Å². The maximum atomic E-state index is 9.39. The molecule has 0 bridgehead atoms. The van der Waals surface area contributed by atoms with E-state index in [1.807, 2.05) is 18.2 Å². The second-order valence-corrected chi connectivity index (χ2v) is 22.8. The average Bonchev–Trinajstić information content (AvgIpc) is 3.43. The van der Waals surface area contributed by atoms with Gasteiger partial charge in [0.15, 0.2) is 11.5 Å². The van der Waals surface area contributed by atoms with Gasteiger partial charge in [-0.2, -0.15) is 0 Å². The van der Waals surface area contributed by atoms with Gasteiger partial charge in [0, 0.05) is 11.6 Å². The Morgan fingerprint density at radius 1 is 0.342 bits per heavy atom. The second-order valence-electron chi connectivity index (χ2n) is 22.8. The van der Waals surface area contributed by atoms with Gasteiger partial charge in [0.05, 0.1) is 33.1 Å². The number of unbranched alkanes of at least 4 members (excludes halogenated alkanes) is 45. The highest BCUT2D eigenvalue weighted by Gasteiger charge is 2.18. The molecule has 0 aromatic heterocycles. The first-order valence-electron chi connectivity index (χ1n) is 33.2. The Balaban J connectivity index is 1.97. The van der Waals surface area contributed by atoms with Crippen molar-refractivity contribution in [3.05, 3.63) is 41.5 Å². The fourth-order valence-corrected chi connectivity index (χ4v) is 10.7. The summed E-state index contributed by atoms with van der Waals surface area (Å²) < 4.78 is 32.0. The zero-order valence-corrected chi connectivity index (χ0v) is 50.7. The molecule has 0 radical (unpaired) electrons. The van der Waals surface area contributed by atoms with Crippen molar-refractivity contribution < 1.29 is 28.9 Å². The zero-order chi connectivity index (χ0) is 54.3. The van der Waals surface area contributed by atoms with E-state index in [0.29, 0.717) is 36.9 Å². The monoisotopic (exact) mass is 1060 g/mol. The third-order valence-corrected chi connectivity index (χ3v) is 15.6. The summed E-state index contributed by atoms with van der Waals surface area (Å²) in [6, 6.07) is 9.66. The number of rotatable bonds is 59. The molecule has 0 spiro atoms. The lowest BCUT2D eigenvalue weighted by Crippen LogP contribution is -2.08. The molecule has 1 N–H and O–H groups in total. The molecule has 0 aliphatic rings. The van der Waals surface area contributed by atoms with Gasteiger partial charge in [0.2, 0.25) is 5.75 Å². The molecule has 76 heavy (non-hydrogen) atoms. The standard InChI is InChI=1S/C69H123NO6/c1-5-8-11-14-17-20-23-26-29-32-35-38-41-44-47-50-55-73-67-58-63(62-76-66-60-65(72-4)54-53-64(66)61-70-71)59-68(74-56-51-48-45-42-39-36-33-30-27-24-21-18-15-12-9-6-2)69(67)75-57-52-49-46-43-40-37-34-31-28-25-22-19-16-13-10-7-3/h53-54,58-61,71H,5-52,55-57,62H2,1-4H3. The van der Waals surface area contributed by atoms with E-state index in [-0.39, 0.29) is 6.61 Å². The minimum absolute atomic E-state index is 0.281. The van der Waals surface area contributed by atoms with E-state index >= 15 is 0 Å². The molecule has 0 saturated heterocycles. The summed E-state index contributed by atoms with van der Waals surface area (Å²) in [5.41, 5.74) is 1.61. The van der Waals surface area contributed by atoms with Crippen LogP contribution in [0.4, 0.5) is 0 Å². The maximum absolute atomic E-state index is 9.39. The molecular weight excluding hydrogens is 939 g/mol. The number of methoxy groups -OCH3 is 1. The first-order chi connectivity index (χ1) is 37.7. The van der Waals surface area contributed by atoms with Gasteiger partial charge in [-0.3, -0.25) is 0 Å². The van der Waals surface area contributed by atoms with E-state index in [4.69, 9.17) is 23.7 Å². The van der Waals surface area contributed by atoms with Crippen LogP contribution < -0.4 is 23.7 Å². The van der Waals surface area contributed by atoms with Crippen LogP contribution >= 0.6 is 0 Å². The van der Waals surface area contributed by atoms with Gasteiger partial charge < -0.3 is 28.9 Å². The highest BCUT2D eigenvalue weighted by molar-refractivity contribution is 5.83. The molecule has 7 heteroatoms. The molecule has 0 fully saturated rings. The summed E-state index contributed by atoms with van der Waals surface area (Å²) in [5, 5.41) is 12.7. The lowest BCUT2D eigenvalue weighted by Gasteiger charge is -2.19. The quantitative estimate of drug-likeness (QED) is 0.0308. The Morgan fingerprint density at radius 3 is 0.921 bits per heavy atom. The molecule has 0 saturated carbocycles. The van der Waals surface area contributed by atoms with E-state index in [9.17, 15) is 5.21 Å². The van der Waals surface area contributed by atoms with Gasteiger partial charge in [0.25, 0.3) is 0 Å². The number of oxime groups is 1. The molecule has 0 aliphatic carbocycles. The van der Waals surface area contributed by atoms with Gasteiger partial charge in [-0.05, 0) is 49.1 Å². The molecule has 0 aliphatic heterocycles. The summed E-state index contributed by atoms with van der Waals surface area (Å²) in [6.45, 7) is 9.11. The Hall–Kier alpha value is -3.09. The van der Waals surface area contributed by atoms with E-state index in [1.54, 1.807) is 7.11 Å². The number of hydrogen-bond donors (Lipinski definition) is 1. The molecule has 0 atom stereocenters. The predicted molar refractivity (Wildman–Crippen MR) is 328 cm³/mol. The van der Waals surface area contributed by atoms with Crippen molar-refractivity contribution in [1.82, 2.24) is 0 Å². The predicted octanol–water partition coefficient (Wildman–Crippen LogP) is 23.0. The van der Waals surface area contributed by atoms with Crippen LogP contribution in [0.2, 0.25) is 0 Å². The van der Waals surface area contributed by atoms with Crippen molar-refractivity contribution in [3.63, 3.8) is 0 Å². The summed E-state index contributed by atoms with van der Waals surface area (Å²) in [5.74, 6) is 3.46. The number of benzene rings is 2. The molecule has 2 aromatic carbocycles. The van der Waals surface area contributed by atoms with Gasteiger partial charge in [-0.15, -0.1) is 0 Å². The second kappa shape index (κ2) is 53.9. The van der Waals surface area contributed by atoms with Crippen LogP contribution in [0.3, 0.4) is 0 Å². The zero-order valence-electron chi connectivity index (χ0n) is 50.7. The molecule has 2 aromatic rings. The van der Waals surface area contributed by atoms with Crippen LogP contribution in [-0.2, 0) is 6.61 Å². The number of ether oxygens (including phenoxy) is 5. The van der Waals surface area contributed by atoms with Crippen LogP contribution in [0.1, 0.15) is 340 Å². The Bertz CT molecular complexity index is 1500. The lowest BCUT2D eigenvalue weighted by atomic mass is 10.0. The summed E-state index contributed by atoms with van der Waals surface area (Å²) >= 11 is 0. The largest absolute Gasteiger partial charge is 0.497 e. The Kier molecular flexibility index (Phi) is 48.9. The van der Waals surface area contributed by atoms with Gasteiger partial charge in [0.1, 0.15) is 18.1 Å². The highest BCUT2D eigenvalue weighted by Crippen LogP contribution is 2.40. The highest BCUT2D eigenvalue weighted by atomic mass is 16.5. The summed E-state index contributed by atoms with van der Waals surface area (Å²) in [4.78, 5) is 0. The van der Waals surface area contributed by atoms with Crippen molar-refractivity contribution in [1.29, 1.82) is 0 Å².